The molecule has 2 aliphatic heterocycles. The topological polar surface area (TPSA) is 112 Å². The van der Waals surface area contributed by atoms with Gasteiger partial charge in [-0.3, -0.25) is 14.5 Å². The van der Waals surface area contributed by atoms with Gasteiger partial charge in [0.1, 0.15) is 5.01 Å². The van der Waals surface area contributed by atoms with E-state index in [1.54, 1.807) is 18.3 Å². The van der Waals surface area contributed by atoms with Gasteiger partial charge in [-0.15, -0.1) is 11.3 Å². The summed E-state index contributed by atoms with van der Waals surface area (Å²) in [4.78, 5) is 35.6. The van der Waals surface area contributed by atoms with Gasteiger partial charge in [0.2, 0.25) is 9.84 Å². The minimum absolute atomic E-state index is 0.0481. The van der Waals surface area contributed by atoms with Gasteiger partial charge in [-0.25, -0.2) is 13.4 Å². The number of thiazole rings is 1. The Hall–Kier alpha value is -3.90. The summed E-state index contributed by atoms with van der Waals surface area (Å²) in [6, 6.07) is 19.3. The van der Waals surface area contributed by atoms with Gasteiger partial charge in [0, 0.05) is 47.9 Å². The van der Waals surface area contributed by atoms with Gasteiger partial charge in [0.25, 0.3) is 11.8 Å². The molecule has 1 saturated heterocycles. The number of benzene rings is 3. The molecule has 3 aromatic carbocycles. The molecule has 0 spiro atoms. The second-order valence-electron chi connectivity index (χ2n) is 10.5. The lowest BCUT2D eigenvalue weighted by atomic mass is 10.1. The Morgan fingerprint density at radius 2 is 1.83 bits per heavy atom. The summed E-state index contributed by atoms with van der Waals surface area (Å²) in [5.41, 5.74) is 2.68. The predicted octanol–water partition coefficient (Wildman–Crippen LogP) is 3.88. The zero-order chi connectivity index (χ0) is 28.7. The van der Waals surface area contributed by atoms with Crippen molar-refractivity contribution in [2.75, 3.05) is 32.5 Å². The standard InChI is InChI=1S/C30H29N5O4S2/c1-34(2)22-17-35(18-22)16-19-7-9-20(10-8-19)30-32-15-23(40-30)14-31-28(36)21-11-12-27-25(13-21)33-29(37)24-5-3-4-6-26(24)41(27,38)39/h3-13,15,22H,14,16-18H2,1-2H3,(H,31,36)(H,33,37). The number of carbonyl (C=O) groups excluding carboxylic acids is 2. The van der Waals surface area contributed by atoms with Gasteiger partial charge in [-0.05, 0) is 50.0 Å². The summed E-state index contributed by atoms with van der Waals surface area (Å²) in [6.45, 7) is 3.38. The van der Waals surface area contributed by atoms with Crippen molar-refractivity contribution < 1.29 is 18.0 Å². The molecule has 0 saturated carbocycles. The van der Waals surface area contributed by atoms with E-state index >= 15 is 0 Å². The van der Waals surface area contributed by atoms with Crippen LogP contribution in [0, 0.1) is 0 Å². The fourth-order valence-corrected chi connectivity index (χ4v) is 7.45. The lowest BCUT2D eigenvalue weighted by Crippen LogP contribution is -2.56. The molecule has 2 amide bonds. The van der Waals surface area contributed by atoms with Crippen molar-refractivity contribution in [2.45, 2.75) is 28.9 Å². The third-order valence-electron chi connectivity index (χ3n) is 7.45. The maximum atomic E-state index is 13.2. The molecule has 1 fully saturated rings. The zero-order valence-electron chi connectivity index (χ0n) is 22.6. The number of hydrogen-bond acceptors (Lipinski definition) is 8. The first kappa shape index (κ1) is 27.3. The molecule has 0 unspecified atom stereocenters. The van der Waals surface area contributed by atoms with Crippen LogP contribution in [0.15, 0.2) is 82.7 Å². The number of aromatic nitrogens is 1. The van der Waals surface area contributed by atoms with Crippen LogP contribution in [0.1, 0.15) is 31.2 Å². The minimum Gasteiger partial charge on any atom is -0.347 e. The first-order valence-corrected chi connectivity index (χ1v) is 15.5. The summed E-state index contributed by atoms with van der Waals surface area (Å²) < 4.78 is 26.4. The number of anilines is 1. The molecule has 0 radical (unpaired) electrons. The van der Waals surface area contributed by atoms with Gasteiger partial charge in [-0.1, -0.05) is 36.4 Å². The van der Waals surface area contributed by atoms with E-state index in [4.69, 9.17) is 0 Å². The van der Waals surface area contributed by atoms with Crippen LogP contribution in [0.3, 0.4) is 0 Å². The van der Waals surface area contributed by atoms with Crippen molar-refractivity contribution in [3.63, 3.8) is 0 Å². The highest BCUT2D eigenvalue weighted by molar-refractivity contribution is 7.91. The molecule has 2 aliphatic rings. The van der Waals surface area contributed by atoms with Crippen molar-refractivity contribution in [3.05, 3.63) is 94.5 Å². The Kier molecular flexibility index (Phi) is 7.20. The maximum Gasteiger partial charge on any atom is 0.257 e. The predicted molar refractivity (Wildman–Crippen MR) is 158 cm³/mol. The molecule has 6 rings (SSSR count). The van der Waals surface area contributed by atoms with Crippen LogP contribution in [0.4, 0.5) is 5.69 Å². The molecule has 2 N–H and O–H groups in total. The van der Waals surface area contributed by atoms with Crippen LogP contribution >= 0.6 is 11.3 Å². The minimum atomic E-state index is -3.93. The number of sulfone groups is 1. The zero-order valence-corrected chi connectivity index (χ0v) is 24.3. The fraction of sp³-hybridized carbons (Fsp3) is 0.233. The fourth-order valence-electron chi connectivity index (χ4n) is 5.00. The maximum absolute atomic E-state index is 13.2. The quantitative estimate of drug-likeness (QED) is 0.338. The summed E-state index contributed by atoms with van der Waals surface area (Å²) in [5.74, 6) is -0.924. The monoisotopic (exact) mass is 587 g/mol. The number of rotatable bonds is 7. The molecule has 9 nitrogen and oxygen atoms in total. The smallest absolute Gasteiger partial charge is 0.257 e. The van der Waals surface area contributed by atoms with Crippen LogP contribution in [-0.2, 0) is 22.9 Å². The van der Waals surface area contributed by atoms with Crippen LogP contribution in [0.2, 0.25) is 0 Å². The average Bonchev–Trinajstić information content (AvgIpc) is 3.39. The van der Waals surface area contributed by atoms with Crippen LogP contribution in [-0.4, -0.2) is 68.2 Å². The lowest BCUT2D eigenvalue weighted by molar-refractivity contribution is 0.0574. The van der Waals surface area contributed by atoms with Gasteiger partial charge in [0.15, 0.2) is 0 Å². The number of hydrogen-bond donors (Lipinski definition) is 2. The van der Waals surface area contributed by atoms with Crippen LogP contribution < -0.4 is 10.6 Å². The van der Waals surface area contributed by atoms with Gasteiger partial charge >= 0.3 is 0 Å². The highest BCUT2D eigenvalue weighted by Gasteiger charge is 2.31. The number of carbonyl (C=O) groups is 2. The lowest BCUT2D eigenvalue weighted by Gasteiger charge is -2.42. The van der Waals surface area contributed by atoms with E-state index in [2.05, 4.69) is 63.8 Å². The summed E-state index contributed by atoms with van der Waals surface area (Å²) in [7, 11) is 0.308. The number of nitrogens with zero attached hydrogens (tertiary/aromatic N) is 3. The normalized spacial score (nSPS) is 16.3. The second kappa shape index (κ2) is 10.8. The Balaban J connectivity index is 1.09. The molecule has 0 aliphatic carbocycles. The number of likely N-dealkylation sites (tertiary alicyclic amines) is 1. The number of likely N-dealkylation sites (N-methyl/N-ethyl adjacent to an activating group) is 1. The largest absolute Gasteiger partial charge is 0.347 e. The Morgan fingerprint density at radius 1 is 1.07 bits per heavy atom. The Labute approximate surface area is 242 Å². The van der Waals surface area contributed by atoms with E-state index in [0.717, 1.165) is 35.1 Å². The van der Waals surface area contributed by atoms with Gasteiger partial charge < -0.3 is 15.5 Å². The van der Waals surface area contributed by atoms with Gasteiger partial charge in [-0.2, -0.15) is 0 Å². The molecular formula is C30H29N5O4S2. The van der Waals surface area contributed by atoms with E-state index < -0.39 is 15.7 Å². The van der Waals surface area contributed by atoms with E-state index in [9.17, 15) is 18.0 Å². The third kappa shape index (κ3) is 5.41. The molecule has 4 aromatic rings. The SMILES string of the molecule is CN(C)C1CN(Cc2ccc(-c3ncc(CNC(=O)c4ccc5c(c4)NC(=O)c4ccccc4S5(=O)=O)s3)cc2)C1. The third-order valence-corrected chi connectivity index (χ3v) is 10.4. The first-order valence-electron chi connectivity index (χ1n) is 13.2. The van der Waals surface area contributed by atoms with Crippen molar-refractivity contribution in [3.8, 4) is 10.6 Å². The highest BCUT2D eigenvalue weighted by atomic mass is 32.2. The molecule has 41 heavy (non-hydrogen) atoms. The van der Waals surface area contributed by atoms with E-state index in [-0.39, 0.29) is 39.1 Å². The molecule has 1 aromatic heterocycles. The van der Waals surface area contributed by atoms with Crippen LogP contribution in [0.25, 0.3) is 10.6 Å². The van der Waals surface area contributed by atoms with E-state index in [1.165, 1.54) is 47.2 Å². The van der Waals surface area contributed by atoms with Crippen molar-refractivity contribution in [1.82, 2.24) is 20.1 Å². The number of fused-ring (bicyclic) bond motifs is 2. The van der Waals surface area contributed by atoms with Crippen molar-refractivity contribution >= 4 is 38.7 Å². The molecule has 3 heterocycles. The number of amides is 2. The first-order chi connectivity index (χ1) is 19.7. The molecule has 210 valence electrons. The summed E-state index contributed by atoms with van der Waals surface area (Å²) >= 11 is 1.50. The van der Waals surface area contributed by atoms with E-state index in [1.807, 2.05) is 0 Å². The molecular weight excluding hydrogens is 558 g/mol. The van der Waals surface area contributed by atoms with E-state index in [0.29, 0.717) is 6.04 Å². The molecule has 0 bridgehead atoms. The summed E-state index contributed by atoms with van der Waals surface area (Å²) in [5, 5.41) is 6.38. The molecule has 11 heteroatoms. The Bertz CT molecular complexity index is 1740. The van der Waals surface area contributed by atoms with Gasteiger partial charge in [0.05, 0.1) is 27.6 Å². The van der Waals surface area contributed by atoms with Crippen LogP contribution in [0.5, 0.6) is 0 Å². The van der Waals surface area contributed by atoms with Crippen molar-refractivity contribution in [1.29, 1.82) is 0 Å². The highest BCUT2D eigenvalue weighted by Crippen LogP contribution is 2.34. The second-order valence-corrected chi connectivity index (χ2v) is 13.5. The van der Waals surface area contributed by atoms with Crippen molar-refractivity contribution in [2.24, 2.45) is 0 Å². The summed E-state index contributed by atoms with van der Waals surface area (Å²) in [6.07, 6.45) is 1.75. The Morgan fingerprint density at radius 3 is 2.59 bits per heavy atom. The number of nitrogens with one attached hydrogen (secondary N) is 2. The average molecular weight is 588 g/mol. The molecule has 0 atom stereocenters.